The average Bonchev–Trinajstić information content (AvgIpc) is 3.08. The van der Waals surface area contributed by atoms with E-state index in [2.05, 4.69) is 10.1 Å². The molecule has 2 N–H and O–H groups in total. The van der Waals surface area contributed by atoms with Gasteiger partial charge in [-0.2, -0.15) is 4.98 Å². The van der Waals surface area contributed by atoms with Crippen molar-refractivity contribution >= 4 is 0 Å². The molecule has 0 aromatic carbocycles. The van der Waals surface area contributed by atoms with E-state index >= 15 is 0 Å². The molecule has 0 radical (unpaired) electrons. The maximum Gasteiger partial charge on any atom is 0.231 e. The Kier molecular flexibility index (Phi) is 4.08. The number of hydrogen-bond acceptors (Lipinski definition) is 5. The van der Waals surface area contributed by atoms with Gasteiger partial charge in [-0.3, -0.25) is 0 Å². The van der Waals surface area contributed by atoms with Crippen LogP contribution in [0.4, 0.5) is 0 Å². The molecule has 0 bridgehead atoms. The van der Waals surface area contributed by atoms with Crippen molar-refractivity contribution in [1.82, 2.24) is 10.1 Å². The molecule has 3 rings (SSSR count). The molecule has 2 aliphatic rings. The van der Waals surface area contributed by atoms with Gasteiger partial charge in [-0.15, -0.1) is 0 Å². The molecule has 0 amide bonds. The van der Waals surface area contributed by atoms with E-state index in [1.165, 1.54) is 32.1 Å². The second-order valence-corrected chi connectivity index (χ2v) is 6.27. The zero-order valence-corrected chi connectivity index (χ0v) is 12.3. The van der Waals surface area contributed by atoms with Crippen molar-refractivity contribution in [2.75, 3.05) is 7.11 Å². The topological polar surface area (TPSA) is 74.2 Å². The van der Waals surface area contributed by atoms with E-state index < -0.39 is 0 Å². The molecule has 2 unspecified atom stereocenters. The van der Waals surface area contributed by atoms with Gasteiger partial charge in [0.25, 0.3) is 0 Å². The molecule has 2 aliphatic carbocycles. The minimum Gasteiger partial charge on any atom is -0.370 e. The number of nitrogens with zero attached hydrogens (tertiary/aromatic N) is 2. The monoisotopic (exact) mass is 279 g/mol. The summed E-state index contributed by atoms with van der Waals surface area (Å²) in [6.07, 6.45) is 10.1. The van der Waals surface area contributed by atoms with Crippen LogP contribution in [0.25, 0.3) is 0 Å². The summed E-state index contributed by atoms with van der Waals surface area (Å²) in [4.78, 5) is 4.67. The Morgan fingerprint density at radius 2 is 1.90 bits per heavy atom. The molecule has 2 saturated carbocycles. The van der Waals surface area contributed by atoms with Crippen LogP contribution in [0.2, 0.25) is 0 Å². The van der Waals surface area contributed by atoms with Gasteiger partial charge in [0.1, 0.15) is 5.60 Å². The maximum absolute atomic E-state index is 6.28. The van der Waals surface area contributed by atoms with E-state index in [4.69, 9.17) is 15.0 Å². The number of aromatic nitrogens is 2. The van der Waals surface area contributed by atoms with E-state index in [0.717, 1.165) is 37.4 Å². The minimum atomic E-state index is -0.323. The lowest BCUT2D eigenvalue weighted by Crippen LogP contribution is -2.28. The van der Waals surface area contributed by atoms with Crippen LogP contribution in [0.15, 0.2) is 4.52 Å². The highest BCUT2D eigenvalue weighted by molar-refractivity contribution is 5.07. The van der Waals surface area contributed by atoms with Crippen molar-refractivity contribution in [1.29, 1.82) is 0 Å². The summed E-state index contributed by atoms with van der Waals surface area (Å²) < 4.78 is 11.3. The van der Waals surface area contributed by atoms with Gasteiger partial charge in [0.2, 0.25) is 11.7 Å². The standard InChI is InChI=1S/C15H25N3O2/c1-19-15(9-5-6-10-15)14-17-13(20-18-14)11-7-3-2-4-8-12(11)16/h11-12H,2-10,16H2,1H3. The number of rotatable bonds is 3. The van der Waals surface area contributed by atoms with Crippen molar-refractivity contribution in [3.05, 3.63) is 11.7 Å². The summed E-state index contributed by atoms with van der Waals surface area (Å²) in [7, 11) is 1.75. The van der Waals surface area contributed by atoms with Crippen LogP contribution in [0.3, 0.4) is 0 Å². The van der Waals surface area contributed by atoms with Gasteiger partial charge >= 0.3 is 0 Å². The van der Waals surface area contributed by atoms with Gasteiger partial charge in [0.05, 0.1) is 5.92 Å². The summed E-state index contributed by atoms with van der Waals surface area (Å²) in [6.45, 7) is 0. The van der Waals surface area contributed by atoms with Gasteiger partial charge in [0, 0.05) is 13.2 Å². The van der Waals surface area contributed by atoms with Crippen LogP contribution >= 0.6 is 0 Å². The molecule has 5 heteroatoms. The summed E-state index contributed by atoms with van der Waals surface area (Å²) in [5, 5.41) is 4.21. The predicted molar refractivity (Wildman–Crippen MR) is 75.3 cm³/mol. The lowest BCUT2D eigenvalue weighted by Gasteiger charge is -2.23. The fourth-order valence-electron chi connectivity index (χ4n) is 3.68. The van der Waals surface area contributed by atoms with Crippen LogP contribution in [0, 0.1) is 0 Å². The molecule has 20 heavy (non-hydrogen) atoms. The summed E-state index contributed by atoms with van der Waals surface area (Å²) >= 11 is 0. The van der Waals surface area contributed by atoms with Crippen molar-refractivity contribution in [2.45, 2.75) is 75.3 Å². The first-order valence-electron chi connectivity index (χ1n) is 7.90. The zero-order valence-electron chi connectivity index (χ0n) is 12.3. The normalized spacial score (nSPS) is 30.3. The van der Waals surface area contributed by atoms with Crippen LogP contribution in [-0.2, 0) is 10.3 Å². The fraction of sp³-hybridized carbons (Fsp3) is 0.867. The quantitative estimate of drug-likeness (QED) is 0.861. The highest BCUT2D eigenvalue weighted by atomic mass is 16.5. The Labute approximate surface area is 120 Å². The summed E-state index contributed by atoms with van der Waals surface area (Å²) in [5.74, 6) is 1.66. The van der Waals surface area contributed by atoms with Gasteiger partial charge < -0.3 is 15.0 Å². The van der Waals surface area contributed by atoms with Gasteiger partial charge in [0.15, 0.2) is 0 Å². The first kappa shape index (κ1) is 14.0. The Morgan fingerprint density at radius 3 is 2.65 bits per heavy atom. The number of ether oxygens (including phenoxy) is 1. The van der Waals surface area contributed by atoms with Crippen LogP contribution < -0.4 is 5.73 Å². The van der Waals surface area contributed by atoms with Crippen molar-refractivity contribution in [2.24, 2.45) is 5.73 Å². The van der Waals surface area contributed by atoms with Crippen LogP contribution in [0.1, 0.15) is 75.4 Å². The predicted octanol–water partition coefficient (Wildman–Crippen LogP) is 2.86. The van der Waals surface area contributed by atoms with Crippen LogP contribution in [-0.4, -0.2) is 23.3 Å². The summed E-state index contributed by atoms with van der Waals surface area (Å²) in [5.41, 5.74) is 5.96. The van der Waals surface area contributed by atoms with Crippen molar-refractivity contribution < 1.29 is 9.26 Å². The van der Waals surface area contributed by atoms with Gasteiger partial charge in [-0.25, -0.2) is 0 Å². The smallest absolute Gasteiger partial charge is 0.231 e. The Bertz CT molecular complexity index is 440. The first-order chi connectivity index (χ1) is 9.75. The molecule has 5 nitrogen and oxygen atoms in total. The second-order valence-electron chi connectivity index (χ2n) is 6.27. The average molecular weight is 279 g/mol. The number of nitrogens with two attached hydrogens (primary N) is 1. The van der Waals surface area contributed by atoms with Crippen molar-refractivity contribution in [3.8, 4) is 0 Å². The maximum atomic E-state index is 6.28. The number of hydrogen-bond donors (Lipinski definition) is 1. The van der Waals surface area contributed by atoms with E-state index in [1.54, 1.807) is 7.11 Å². The lowest BCUT2D eigenvalue weighted by molar-refractivity contribution is -0.0178. The molecule has 2 fully saturated rings. The van der Waals surface area contributed by atoms with E-state index in [0.29, 0.717) is 0 Å². The Morgan fingerprint density at radius 1 is 1.15 bits per heavy atom. The molecule has 112 valence electrons. The third-order valence-electron chi connectivity index (χ3n) is 5.04. The second kappa shape index (κ2) is 5.82. The highest BCUT2D eigenvalue weighted by Gasteiger charge is 2.41. The minimum absolute atomic E-state index is 0.146. The molecule has 1 aromatic rings. The Hall–Kier alpha value is -0.940. The Balaban J connectivity index is 1.82. The third-order valence-corrected chi connectivity index (χ3v) is 5.04. The molecule has 2 atom stereocenters. The molecule has 0 saturated heterocycles. The van der Waals surface area contributed by atoms with Crippen LogP contribution in [0.5, 0.6) is 0 Å². The number of methoxy groups -OCH3 is 1. The third kappa shape index (κ3) is 2.49. The fourth-order valence-corrected chi connectivity index (χ4v) is 3.68. The molecule has 0 aliphatic heterocycles. The highest BCUT2D eigenvalue weighted by Crippen LogP contribution is 2.41. The molecule has 1 aromatic heterocycles. The van der Waals surface area contributed by atoms with E-state index in [9.17, 15) is 0 Å². The molecular weight excluding hydrogens is 254 g/mol. The van der Waals surface area contributed by atoms with E-state index in [1.807, 2.05) is 0 Å². The molecular formula is C15H25N3O2. The largest absolute Gasteiger partial charge is 0.370 e. The van der Waals surface area contributed by atoms with Gasteiger partial charge in [-0.1, -0.05) is 24.4 Å². The SMILES string of the molecule is COC1(c2noc(C3CCCCCC3N)n2)CCCC1. The van der Waals surface area contributed by atoms with E-state index in [-0.39, 0.29) is 17.6 Å². The first-order valence-corrected chi connectivity index (χ1v) is 7.90. The van der Waals surface area contributed by atoms with Crippen molar-refractivity contribution in [3.63, 3.8) is 0 Å². The zero-order chi connectivity index (χ0) is 14.0. The summed E-state index contributed by atoms with van der Waals surface area (Å²) in [6, 6.07) is 0.146. The van der Waals surface area contributed by atoms with Gasteiger partial charge in [-0.05, 0) is 38.5 Å². The molecule has 0 spiro atoms. The lowest BCUT2D eigenvalue weighted by atomic mass is 9.95. The molecule has 1 heterocycles.